The summed E-state index contributed by atoms with van der Waals surface area (Å²) in [7, 11) is 0. The van der Waals surface area contributed by atoms with Crippen LogP contribution in [-0.4, -0.2) is 23.7 Å². The van der Waals surface area contributed by atoms with E-state index < -0.39 is 0 Å². The van der Waals surface area contributed by atoms with Gasteiger partial charge in [-0.05, 0) is 25.0 Å². The second kappa shape index (κ2) is 5.87. The number of amides is 1. The van der Waals surface area contributed by atoms with Crippen molar-refractivity contribution >= 4 is 17.5 Å². The fourth-order valence-corrected chi connectivity index (χ4v) is 1.45. The Hall–Kier alpha value is -1.06. The highest BCUT2D eigenvalue weighted by molar-refractivity contribution is 6.33. The molecular formula is C12H16ClNO2. The molecule has 0 aliphatic heterocycles. The van der Waals surface area contributed by atoms with Gasteiger partial charge in [-0.15, -0.1) is 0 Å². The van der Waals surface area contributed by atoms with Crippen LogP contribution in [0.3, 0.4) is 0 Å². The van der Waals surface area contributed by atoms with Crippen LogP contribution in [0.25, 0.3) is 0 Å². The first-order valence-electron chi connectivity index (χ1n) is 5.22. The summed E-state index contributed by atoms with van der Waals surface area (Å²) in [5.74, 6) is -0.190. The Morgan fingerprint density at radius 3 is 2.62 bits per heavy atom. The summed E-state index contributed by atoms with van der Waals surface area (Å²) in [6.07, 6.45) is 0. The smallest absolute Gasteiger partial charge is 0.253 e. The number of aliphatic hydroxyl groups is 1. The van der Waals surface area contributed by atoms with Gasteiger partial charge in [-0.2, -0.15) is 0 Å². The standard InChI is InChI=1S/C12H16ClNO2/c1-8(7-15)9(2)14-12(16)10-5-3-4-6-11(10)13/h3-6,8-9,15H,7H2,1-2H3,(H,14,16). The van der Waals surface area contributed by atoms with Crippen LogP contribution < -0.4 is 5.32 Å². The molecule has 1 aromatic rings. The van der Waals surface area contributed by atoms with Crippen LogP contribution in [0.5, 0.6) is 0 Å². The lowest BCUT2D eigenvalue weighted by atomic mass is 10.0. The van der Waals surface area contributed by atoms with E-state index in [1.165, 1.54) is 0 Å². The molecule has 0 fully saturated rings. The summed E-state index contributed by atoms with van der Waals surface area (Å²) in [5.41, 5.74) is 0.459. The topological polar surface area (TPSA) is 49.3 Å². The quantitative estimate of drug-likeness (QED) is 0.848. The maximum atomic E-state index is 11.8. The molecule has 0 aliphatic rings. The van der Waals surface area contributed by atoms with Crippen molar-refractivity contribution in [2.24, 2.45) is 5.92 Å². The molecule has 2 unspecified atom stereocenters. The van der Waals surface area contributed by atoms with Crippen molar-refractivity contribution in [2.75, 3.05) is 6.61 Å². The van der Waals surface area contributed by atoms with Gasteiger partial charge in [0.2, 0.25) is 0 Å². The second-order valence-corrected chi connectivity index (χ2v) is 4.31. The fraction of sp³-hybridized carbons (Fsp3) is 0.417. The Labute approximate surface area is 100 Å². The van der Waals surface area contributed by atoms with Crippen LogP contribution >= 0.6 is 11.6 Å². The van der Waals surface area contributed by atoms with Gasteiger partial charge >= 0.3 is 0 Å². The Kier molecular flexibility index (Phi) is 4.77. The van der Waals surface area contributed by atoms with Crippen LogP contribution in [-0.2, 0) is 0 Å². The summed E-state index contributed by atoms with van der Waals surface area (Å²) >= 11 is 5.91. The zero-order valence-corrected chi connectivity index (χ0v) is 10.2. The number of carbonyl (C=O) groups is 1. The molecule has 88 valence electrons. The molecule has 1 aromatic carbocycles. The summed E-state index contributed by atoms with van der Waals surface area (Å²) in [6.45, 7) is 3.77. The van der Waals surface area contributed by atoms with Gasteiger partial charge in [-0.25, -0.2) is 0 Å². The fourth-order valence-electron chi connectivity index (χ4n) is 1.23. The number of nitrogens with one attached hydrogen (secondary N) is 1. The minimum atomic E-state index is -0.210. The van der Waals surface area contributed by atoms with Gasteiger partial charge in [-0.3, -0.25) is 4.79 Å². The highest BCUT2D eigenvalue weighted by atomic mass is 35.5. The molecule has 0 saturated heterocycles. The predicted molar refractivity (Wildman–Crippen MR) is 64.6 cm³/mol. The van der Waals surface area contributed by atoms with Gasteiger partial charge in [-0.1, -0.05) is 30.7 Å². The van der Waals surface area contributed by atoms with Crippen molar-refractivity contribution in [3.63, 3.8) is 0 Å². The number of hydrogen-bond acceptors (Lipinski definition) is 2. The zero-order chi connectivity index (χ0) is 12.1. The summed E-state index contributed by atoms with van der Waals surface area (Å²) in [5, 5.41) is 12.2. The molecule has 3 nitrogen and oxygen atoms in total. The van der Waals surface area contributed by atoms with Crippen molar-refractivity contribution in [1.29, 1.82) is 0 Å². The number of rotatable bonds is 4. The molecule has 2 N–H and O–H groups in total. The minimum absolute atomic E-state index is 0.0198. The summed E-state index contributed by atoms with van der Waals surface area (Å²) < 4.78 is 0. The van der Waals surface area contributed by atoms with Crippen LogP contribution in [0.2, 0.25) is 5.02 Å². The Bertz CT molecular complexity index is 368. The van der Waals surface area contributed by atoms with E-state index in [4.69, 9.17) is 16.7 Å². The molecule has 0 bridgehead atoms. The van der Waals surface area contributed by atoms with E-state index in [2.05, 4.69) is 5.32 Å². The molecule has 1 rings (SSSR count). The van der Waals surface area contributed by atoms with Crippen molar-refractivity contribution in [3.8, 4) is 0 Å². The third-order valence-corrected chi connectivity index (χ3v) is 2.95. The minimum Gasteiger partial charge on any atom is -0.396 e. The number of carbonyl (C=O) groups excluding carboxylic acids is 1. The van der Waals surface area contributed by atoms with E-state index in [0.717, 1.165) is 0 Å². The van der Waals surface area contributed by atoms with Crippen LogP contribution in [0.15, 0.2) is 24.3 Å². The monoisotopic (exact) mass is 241 g/mol. The average molecular weight is 242 g/mol. The summed E-state index contributed by atoms with van der Waals surface area (Å²) in [6, 6.07) is 6.80. The van der Waals surface area contributed by atoms with E-state index in [9.17, 15) is 4.79 Å². The number of aliphatic hydroxyl groups excluding tert-OH is 1. The number of benzene rings is 1. The average Bonchev–Trinajstić information content (AvgIpc) is 2.28. The van der Waals surface area contributed by atoms with Crippen molar-refractivity contribution in [1.82, 2.24) is 5.32 Å². The van der Waals surface area contributed by atoms with Gasteiger partial charge in [0.15, 0.2) is 0 Å². The van der Waals surface area contributed by atoms with Crippen molar-refractivity contribution in [3.05, 3.63) is 34.9 Å². The normalized spacial score (nSPS) is 14.2. The van der Waals surface area contributed by atoms with Crippen LogP contribution in [0.4, 0.5) is 0 Å². The van der Waals surface area contributed by atoms with E-state index in [-0.39, 0.29) is 24.5 Å². The molecule has 1 amide bonds. The number of halogens is 1. The first-order valence-corrected chi connectivity index (χ1v) is 5.60. The third kappa shape index (κ3) is 3.22. The molecular weight excluding hydrogens is 226 g/mol. The Morgan fingerprint density at radius 1 is 1.44 bits per heavy atom. The lowest BCUT2D eigenvalue weighted by Gasteiger charge is -2.19. The Balaban J connectivity index is 2.70. The molecule has 0 heterocycles. The largest absolute Gasteiger partial charge is 0.396 e. The van der Waals surface area contributed by atoms with Crippen molar-refractivity contribution in [2.45, 2.75) is 19.9 Å². The number of hydrogen-bond donors (Lipinski definition) is 2. The first kappa shape index (κ1) is 13.0. The van der Waals surface area contributed by atoms with Gasteiger partial charge in [0.05, 0.1) is 10.6 Å². The maximum Gasteiger partial charge on any atom is 0.253 e. The molecule has 2 atom stereocenters. The molecule has 0 saturated carbocycles. The van der Waals surface area contributed by atoms with Crippen LogP contribution in [0.1, 0.15) is 24.2 Å². The highest BCUT2D eigenvalue weighted by Crippen LogP contribution is 2.15. The molecule has 4 heteroatoms. The van der Waals surface area contributed by atoms with Gasteiger partial charge in [0.1, 0.15) is 0 Å². The van der Waals surface area contributed by atoms with E-state index in [1.807, 2.05) is 13.8 Å². The molecule has 0 spiro atoms. The van der Waals surface area contributed by atoms with Gasteiger partial charge in [0.25, 0.3) is 5.91 Å². The van der Waals surface area contributed by atoms with Gasteiger partial charge in [0, 0.05) is 12.6 Å². The summed E-state index contributed by atoms with van der Waals surface area (Å²) in [4.78, 5) is 11.8. The second-order valence-electron chi connectivity index (χ2n) is 3.90. The molecule has 0 radical (unpaired) electrons. The van der Waals surface area contributed by atoms with E-state index in [1.54, 1.807) is 24.3 Å². The zero-order valence-electron chi connectivity index (χ0n) is 9.40. The highest BCUT2D eigenvalue weighted by Gasteiger charge is 2.16. The first-order chi connectivity index (χ1) is 7.56. The van der Waals surface area contributed by atoms with E-state index >= 15 is 0 Å². The lowest BCUT2D eigenvalue weighted by Crippen LogP contribution is -2.38. The lowest BCUT2D eigenvalue weighted by molar-refractivity contribution is 0.0916. The SMILES string of the molecule is CC(CO)C(C)NC(=O)c1ccccc1Cl. The maximum absolute atomic E-state index is 11.8. The van der Waals surface area contributed by atoms with Crippen LogP contribution in [0, 0.1) is 5.92 Å². The van der Waals surface area contributed by atoms with E-state index in [0.29, 0.717) is 10.6 Å². The van der Waals surface area contributed by atoms with Gasteiger partial charge < -0.3 is 10.4 Å². The van der Waals surface area contributed by atoms with Crippen molar-refractivity contribution < 1.29 is 9.90 Å². The molecule has 0 aliphatic carbocycles. The third-order valence-electron chi connectivity index (χ3n) is 2.62. The molecule has 0 aromatic heterocycles. The Morgan fingerprint density at radius 2 is 2.06 bits per heavy atom. The molecule has 16 heavy (non-hydrogen) atoms. The predicted octanol–water partition coefficient (Wildman–Crippen LogP) is 2.09.